The van der Waals surface area contributed by atoms with E-state index in [4.69, 9.17) is 5.11 Å². The molecule has 0 saturated carbocycles. The van der Waals surface area contributed by atoms with Gasteiger partial charge in [0.15, 0.2) is 0 Å². The Hall–Kier alpha value is -2.63. The number of hydrogen-bond acceptors (Lipinski definition) is 3. The van der Waals surface area contributed by atoms with Crippen LogP contribution in [0.3, 0.4) is 0 Å². The zero-order valence-electron chi connectivity index (χ0n) is 15.6. The summed E-state index contributed by atoms with van der Waals surface area (Å²) in [5.41, 5.74) is 2.00. The summed E-state index contributed by atoms with van der Waals surface area (Å²) in [6.07, 6.45) is 7.22. The van der Waals surface area contributed by atoms with Gasteiger partial charge in [-0.15, -0.1) is 0 Å². The van der Waals surface area contributed by atoms with Gasteiger partial charge in [0.2, 0.25) is 11.8 Å². The number of amides is 2. The van der Waals surface area contributed by atoms with Gasteiger partial charge in [-0.25, -0.2) is 0 Å². The largest absolute Gasteiger partial charge is 0.481 e. The van der Waals surface area contributed by atoms with E-state index in [9.17, 15) is 14.4 Å². The molecular formula is C21H26N2O4. The third-order valence-corrected chi connectivity index (χ3v) is 5.48. The molecule has 0 unspecified atom stereocenters. The number of fused-ring (bicyclic) bond motifs is 1. The van der Waals surface area contributed by atoms with E-state index < -0.39 is 5.97 Å². The monoisotopic (exact) mass is 370 g/mol. The molecule has 1 saturated heterocycles. The minimum Gasteiger partial charge on any atom is -0.481 e. The van der Waals surface area contributed by atoms with Crippen molar-refractivity contribution in [3.05, 3.63) is 41.6 Å². The van der Waals surface area contributed by atoms with Crippen LogP contribution in [0.15, 0.2) is 30.5 Å². The summed E-state index contributed by atoms with van der Waals surface area (Å²) in [5, 5.41) is 8.98. The van der Waals surface area contributed by atoms with Gasteiger partial charge in [-0.2, -0.15) is 0 Å². The molecule has 6 nitrogen and oxygen atoms in total. The molecule has 2 heterocycles. The Labute approximate surface area is 159 Å². The van der Waals surface area contributed by atoms with Gasteiger partial charge in [0.1, 0.15) is 0 Å². The lowest BCUT2D eigenvalue weighted by Crippen LogP contribution is -2.45. The third kappa shape index (κ3) is 4.38. The van der Waals surface area contributed by atoms with Gasteiger partial charge in [0.25, 0.3) is 0 Å². The molecule has 2 atom stereocenters. The summed E-state index contributed by atoms with van der Waals surface area (Å²) >= 11 is 0. The summed E-state index contributed by atoms with van der Waals surface area (Å²) in [6.45, 7) is 2.17. The highest BCUT2D eigenvalue weighted by Gasteiger charge is 2.33. The molecule has 27 heavy (non-hydrogen) atoms. The lowest BCUT2D eigenvalue weighted by Gasteiger charge is -2.38. The van der Waals surface area contributed by atoms with Crippen LogP contribution in [0.5, 0.6) is 0 Å². The van der Waals surface area contributed by atoms with E-state index in [-0.39, 0.29) is 36.7 Å². The molecule has 0 spiro atoms. The van der Waals surface area contributed by atoms with E-state index in [1.54, 1.807) is 11.1 Å². The van der Waals surface area contributed by atoms with Crippen LogP contribution in [0.25, 0.3) is 6.08 Å². The predicted molar refractivity (Wildman–Crippen MR) is 102 cm³/mol. The molecule has 1 fully saturated rings. The zero-order valence-corrected chi connectivity index (χ0v) is 15.6. The molecule has 1 N–H and O–H groups in total. The van der Waals surface area contributed by atoms with E-state index in [0.717, 1.165) is 30.4 Å². The average Bonchev–Trinajstić information content (AvgIpc) is 2.66. The summed E-state index contributed by atoms with van der Waals surface area (Å²) in [4.78, 5) is 39.6. The van der Waals surface area contributed by atoms with Crippen LogP contribution < -0.4 is 0 Å². The van der Waals surface area contributed by atoms with Gasteiger partial charge >= 0.3 is 5.97 Å². The number of benzene rings is 1. The lowest BCUT2D eigenvalue weighted by atomic mass is 9.92. The molecule has 0 bridgehead atoms. The summed E-state index contributed by atoms with van der Waals surface area (Å²) in [5.74, 6) is -0.937. The summed E-state index contributed by atoms with van der Waals surface area (Å²) in [7, 11) is 0. The highest BCUT2D eigenvalue weighted by molar-refractivity contribution is 5.82. The molecule has 0 radical (unpaired) electrons. The molecule has 0 aliphatic carbocycles. The highest BCUT2D eigenvalue weighted by Crippen LogP contribution is 2.34. The Morgan fingerprint density at radius 2 is 1.96 bits per heavy atom. The average molecular weight is 370 g/mol. The first-order chi connectivity index (χ1) is 13.0. The van der Waals surface area contributed by atoms with Gasteiger partial charge in [-0.05, 0) is 42.9 Å². The van der Waals surface area contributed by atoms with Crippen LogP contribution in [0, 0.1) is 0 Å². The number of hydrogen-bond donors (Lipinski definition) is 1. The number of likely N-dealkylation sites (tertiary alicyclic amines) is 1. The molecule has 2 aliphatic rings. The second-order valence-corrected chi connectivity index (χ2v) is 7.26. The van der Waals surface area contributed by atoms with Crippen molar-refractivity contribution in [1.29, 1.82) is 0 Å². The first-order valence-electron chi connectivity index (χ1n) is 9.54. The van der Waals surface area contributed by atoms with Crippen LogP contribution in [0.4, 0.5) is 0 Å². The van der Waals surface area contributed by atoms with Gasteiger partial charge in [0.05, 0.1) is 12.5 Å². The van der Waals surface area contributed by atoms with Crippen molar-refractivity contribution >= 4 is 23.9 Å². The molecule has 2 amide bonds. The Kier molecular flexibility index (Phi) is 5.94. The molecule has 6 heteroatoms. The van der Waals surface area contributed by atoms with Crippen molar-refractivity contribution in [1.82, 2.24) is 9.80 Å². The van der Waals surface area contributed by atoms with Crippen LogP contribution in [0.1, 0.15) is 62.6 Å². The fourth-order valence-corrected chi connectivity index (χ4v) is 4.11. The maximum absolute atomic E-state index is 13.1. The normalized spacial score (nSPS) is 21.7. The number of rotatable bonds is 5. The number of piperidine rings is 1. The van der Waals surface area contributed by atoms with Gasteiger partial charge in [0, 0.05) is 32.1 Å². The van der Waals surface area contributed by atoms with E-state index in [1.807, 2.05) is 35.2 Å². The van der Waals surface area contributed by atoms with Gasteiger partial charge in [-0.1, -0.05) is 24.3 Å². The van der Waals surface area contributed by atoms with Gasteiger partial charge < -0.3 is 14.9 Å². The number of carbonyl (C=O) groups excluding carboxylic acids is 2. The second-order valence-electron chi connectivity index (χ2n) is 7.26. The number of nitrogens with zero attached hydrogens (tertiary/aromatic N) is 2. The summed E-state index contributed by atoms with van der Waals surface area (Å²) in [6, 6.07) is 7.46. The molecule has 0 aromatic heterocycles. The minimum absolute atomic E-state index is 0.00792. The topological polar surface area (TPSA) is 77.9 Å². The third-order valence-electron chi connectivity index (χ3n) is 5.48. The molecule has 1 aromatic rings. The first kappa shape index (κ1) is 19.1. The number of carboxylic acids is 1. The molecule has 2 aliphatic heterocycles. The first-order valence-corrected chi connectivity index (χ1v) is 9.54. The molecule has 144 valence electrons. The van der Waals surface area contributed by atoms with Crippen molar-refractivity contribution in [2.24, 2.45) is 0 Å². The Balaban J connectivity index is 1.78. The summed E-state index contributed by atoms with van der Waals surface area (Å²) < 4.78 is 0. The predicted octanol–water partition coefficient (Wildman–Crippen LogP) is 3.20. The fraction of sp³-hybridized carbons (Fsp3) is 0.476. The number of aliphatic carboxylic acids is 1. The smallest absolute Gasteiger partial charge is 0.303 e. The number of carbonyl (C=O) groups is 3. The number of carboxylic acid groups (broad SMARTS) is 1. The zero-order chi connectivity index (χ0) is 19.4. The second kappa shape index (κ2) is 8.37. The Morgan fingerprint density at radius 1 is 1.19 bits per heavy atom. The van der Waals surface area contributed by atoms with E-state index in [2.05, 4.69) is 0 Å². The lowest BCUT2D eigenvalue weighted by molar-refractivity contribution is -0.141. The standard InChI is InChI=1S/C21H26N2O4/c1-15(24)22-13-11-16-6-2-3-8-18(16)19(22)14-20(25)23-12-5-4-7-17(23)9-10-21(26)27/h2-3,6,8,11,13,17,19H,4-5,7,9-10,12,14H2,1H3,(H,26,27)/t17-,19+/m0/s1. The van der Waals surface area contributed by atoms with E-state index in [0.29, 0.717) is 13.0 Å². The van der Waals surface area contributed by atoms with Gasteiger partial charge in [-0.3, -0.25) is 14.4 Å². The Bertz CT molecular complexity index is 758. The highest BCUT2D eigenvalue weighted by atomic mass is 16.4. The SMILES string of the molecule is CC(=O)N1C=Cc2ccccc2[C@H]1CC(=O)N1CCCC[C@H]1CCC(=O)O. The van der Waals surface area contributed by atoms with Crippen molar-refractivity contribution in [2.45, 2.75) is 57.5 Å². The fourth-order valence-electron chi connectivity index (χ4n) is 4.11. The van der Waals surface area contributed by atoms with Crippen molar-refractivity contribution in [2.75, 3.05) is 6.54 Å². The van der Waals surface area contributed by atoms with E-state index in [1.165, 1.54) is 6.92 Å². The minimum atomic E-state index is -0.831. The van der Waals surface area contributed by atoms with Crippen LogP contribution in [-0.2, 0) is 14.4 Å². The van der Waals surface area contributed by atoms with E-state index >= 15 is 0 Å². The van der Waals surface area contributed by atoms with Crippen molar-refractivity contribution < 1.29 is 19.5 Å². The maximum Gasteiger partial charge on any atom is 0.303 e. The van der Waals surface area contributed by atoms with Crippen LogP contribution in [-0.4, -0.2) is 45.3 Å². The quantitative estimate of drug-likeness (QED) is 0.863. The van der Waals surface area contributed by atoms with Crippen LogP contribution >= 0.6 is 0 Å². The molecule has 3 rings (SSSR count). The van der Waals surface area contributed by atoms with Crippen molar-refractivity contribution in [3.8, 4) is 0 Å². The van der Waals surface area contributed by atoms with Crippen molar-refractivity contribution in [3.63, 3.8) is 0 Å². The Morgan fingerprint density at radius 3 is 2.70 bits per heavy atom. The van der Waals surface area contributed by atoms with Crippen LogP contribution in [0.2, 0.25) is 0 Å². The molecule has 1 aromatic carbocycles. The maximum atomic E-state index is 13.1. The molecular weight excluding hydrogens is 344 g/mol.